The molecule has 2 atom stereocenters. The maximum absolute atomic E-state index is 13.6. The average molecular weight is 354 g/mol. The standard InChI is InChI=1S/C14H15Cl2FN2O.ClH/c15-11-6-12(16)13(17)5-10(11)14(20)19-8-1-2-9(19)7-18-4-3-8;/h5-6,8-9,18H,1-4,7H2;1H. The summed E-state index contributed by atoms with van der Waals surface area (Å²) in [7, 11) is 0. The number of amides is 1. The van der Waals surface area contributed by atoms with Crippen molar-refractivity contribution >= 4 is 41.5 Å². The third kappa shape index (κ3) is 3.14. The zero-order valence-corrected chi connectivity index (χ0v) is 13.6. The fraction of sp³-hybridized carbons (Fsp3) is 0.500. The van der Waals surface area contributed by atoms with Gasteiger partial charge in [-0.15, -0.1) is 12.4 Å². The van der Waals surface area contributed by atoms with Crippen LogP contribution in [0.25, 0.3) is 0 Å². The van der Waals surface area contributed by atoms with Gasteiger partial charge in [0.25, 0.3) is 5.91 Å². The Morgan fingerprint density at radius 2 is 1.90 bits per heavy atom. The quantitative estimate of drug-likeness (QED) is 0.784. The van der Waals surface area contributed by atoms with E-state index in [1.165, 1.54) is 6.07 Å². The van der Waals surface area contributed by atoms with Crippen LogP contribution in [0.15, 0.2) is 12.1 Å². The van der Waals surface area contributed by atoms with E-state index in [1.54, 1.807) is 0 Å². The van der Waals surface area contributed by atoms with E-state index in [0.29, 0.717) is 0 Å². The summed E-state index contributed by atoms with van der Waals surface area (Å²) in [5, 5.41) is 3.47. The van der Waals surface area contributed by atoms with Crippen molar-refractivity contribution in [1.82, 2.24) is 10.2 Å². The fourth-order valence-electron chi connectivity index (χ4n) is 3.14. The van der Waals surface area contributed by atoms with Crippen LogP contribution in [0.4, 0.5) is 4.39 Å². The van der Waals surface area contributed by atoms with Gasteiger partial charge in [-0.3, -0.25) is 4.79 Å². The second-order valence-corrected chi connectivity index (χ2v) is 6.15. The van der Waals surface area contributed by atoms with Crippen molar-refractivity contribution in [1.29, 1.82) is 0 Å². The third-order valence-corrected chi connectivity index (χ3v) is 4.73. The summed E-state index contributed by atoms with van der Waals surface area (Å²) in [5.41, 5.74) is 0.201. The molecule has 2 unspecified atom stereocenters. The minimum atomic E-state index is -0.611. The first-order valence-corrected chi connectivity index (χ1v) is 7.51. The average Bonchev–Trinajstić information content (AvgIpc) is 2.66. The smallest absolute Gasteiger partial charge is 0.256 e. The predicted octanol–water partition coefficient (Wildman–Crippen LogP) is 3.52. The van der Waals surface area contributed by atoms with Crippen LogP contribution in [0.2, 0.25) is 10.0 Å². The lowest BCUT2D eigenvalue weighted by atomic mass is 10.1. The lowest BCUT2D eigenvalue weighted by Crippen LogP contribution is -2.42. The van der Waals surface area contributed by atoms with E-state index in [-0.39, 0.29) is 46.0 Å². The van der Waals surface area contributed by atoms with Gasteiger partial charge in [-0.25, -0.2) is 4.39 Å². The Kier molecular flexibility index (Phi) is 5.36. The van der Waals surface area contributed by atoms with Gasteiger partial charge in [0.15, 0.2) is 0 Å². The number of carbonyl (C=O) groups is 1. The number of benzene rings is 1. The SMILES string of the molecule is Cl.O=C(c1cc(F)c(Cl)cc1Cl)N1C2CCNCC1CC2. The molecule has 0 aromatic heterocycles. The number of hydrogen-bond acceptors (Lipinski definition) is 2. The lowest BCUT2D eigenvalue weighted by molar-refractivity contribution is 0.0680. The van der Waals surface area contributed by atoms with Crippen molar-refractivity contribution in [3.63, 3.8) is 0 Å². The molecule has 2 heterocycles. The summed E-state index contributed by atoms with van der Waals surface area (Å²) in [5.74, 6) is -0.804. The highest BCUT2D eigenvalue weighted by atomic mass is 35.5. The Labute approximate surface area is 139 Å². The Hall–Kier alpha value is -0.550. The van der Waals surface area contributed by atoms with Gasteiger partial charge < -0.3 is 10.2 Å². The summed E-state index contributed by atoms with van der Waals surface area (Å²) >= 11 is 11.7. The van der Waals surface area contributed by atoms with Gasteiger partial charge >= 0.3 is 0 Å². The molecule has 3 nitrogen and oxygen atoms in total. The monoisotopic (exact) mass is 352 g/mol. The molecule has 2 aliphatic rings. The van der Waals surface area contributed by atoms with Gasteiger partial charge in [0, 0.05) is 18.6 Å². The van der Waals surface area contributed by atoms with E-state index in [2.05, 4.69) is 5.32 Å². The zero-order valence-electron chi connectivity index (χ0n) is 11.2. The molecular weight excluding hydrogens is 338 g/mol. The molecule has 116 valence electrons. The first-order valence-electron chi connectivity index (χ1n) is 6.76. The van der Waals surface area contributed by atoms with Crippen LogP contribution in [0, 0.1) is 5.82 Å². The highest BCUT2D eigenvalue weighted by Crippen LogP contribution is 2.32. The van der Waals surface area contributed by atoms with Crippen LogP contribution in [0.5, 0.6) is 0 Å². The number of nitrogens with one attached hydrogen (secondary N) is 1. The molecule has 7 heteroatoms. The molecule has 1 N–H and O–H groups in total. The highest BCUT2D eigenvalue weighted by Gasteiger charge is 2.39. The second-order valence-electron chi connectivity index (χ2n) is 5.34. The van der Waals surface area contributed by atoms with E-state index in [4.69, 9.17) is 23.2 Å². The van der Waals surface area contributed by atoms with Crippen LogP contribution in [0.3, 0.4) is 0 Å². The number of carbonyl (C=O) groups excluding carboxylic acids is 1. The van der Waals surface area contributed by atoms with Gasteiger partial charge in [0.05, 0.1) is 15.6 Å². The van der Waals surface area contributed by atoms with Crippen LogP contribution >= 0.6 is 35.6 Å². The Morgan fingerprint density at radius 3 is 2.67 bits per heavy atom. The molecule has 0 saturated carbocycles. The molecule has 1 amide bonds. The maximum atomic E-state index is 13.6. The Bertz CT molecular complexity index is 541. The number of rotatable bonds is 1. The van der Waals surface area contributed by atoms with Gasteiger partial charge in [0.1, 0.15) is 5.82 Å². The van der Waals surface area contributed by atoms with Gasteiger partial charge in [-0.2, -0.15) is 0 Å². The maximum Gasteiger partial charge on any atom is 0.256 e. The Balaban J connectivity index is 0.00000161. The van der Waals surface area contributed by atoms with E-state index >= 15 is 0 Å². The normalized spacial score (nSPS) is 24.4. The minimum absolute atomic E-state index is 0. The van der Waals surface area contributed by atoms with Gasteiger partial charge in [-0.05, 0) is 37.9 Å². The number of hydrogen-bond donors (Lipinski definition) is 1. The van der Waals surface area contributed by atoms with Crippen molar-refractivity contribution in [3.8, 4) is 0 Å². The molecule has 0 radical (unpaired) electrons. The highest BCUT2D eigenvalue weighted by molar-refractivity contribution is 6.36. The first kappa shape index (κ1) is 16.8. The second kappa shape index (κ2) is 6.69. The summed E-state index contributed by atoms with van der Waals surface area (Å²) in [4.78, 5) is 14.6. The number of halogens is 4. The Morgan fingerprint density at radius 1 is 1.19 bits per heavy atom. The summed E-state index contributed by atoms with van der Waals surface area (Å²) in [6.07, 6.45) is 2.92. The largest absolute Gasteiger partial charge is 0.331 e. The van der Waals surface area contributed by atoms with Crippen LogP contribution in [0.1, 0.15) is 29.6 Å². The molecule has 1 aromatic rings. The van der Waals surface area contributed by atoms with Crippen LogP contribution < -0.4 is 5.32 Å². The molecule has 2 fully saturated rings. The molecule has 0 aliphatic carbocycles. The van der Waals surface area contributed by atoms with Crippen molar-refractivity contribution in [2.24, 2.45) is 0 Å². The van der Waals surface area contributed by atoms with Crippen molar-refractivity contribution < 1.29 is 9.18 Å². The van der Waals surface area contributed by atoms with Gasteiger partial charge in [-0.1, -0.05) is 23.2 Å². The number of nitrogens with zero attached hydrogens (tertiary/aromatic N) is 1. The van der Waals surface area contributed by atoms with E-state index in [0.717, 1.165) is 38.4 Å². The minimum Gasteiger partial charge on any atom is -0.331 e. The molecule has 2 bridgehead atoms. The van der Waals surface area contributed by atoms with E-state index < -0.39 is 5.82 Å². The van der Waals surface area contributed by atoms with Gasteiger partial charge in [0.2, 0.25) is 0 Å². The first-order chi connectivity index (χ1) is 9.58. The fourth-order valence-corrected chi connectivity index (χ4v) is 3.60. The molecular formula is C14H16Cl3FN2O. The predicted molar refractivity (Wildman–Crippen MR) is 84.1 cm³/mol. The van der Waals surface area contributed by atoms with E-state index in [1.807, 2.05) is 4.90 Å². The summed E-state index contributed by atoms with van der Waals surface area (Å²) in [6.45, 7) is 1.70. The molecule has 2 aliphatic heterocycles. The zero-order chi connectivity index (χ0) is 14.3. The van der Waals surface area contributed by atoms with Crippen molar-refractivity contribution in [2.45, 2.75) is 31.3 Å². The topological polar surface area (TPSA) is 32.3 Å². The molecule has 1 aromatic carbocycles. The van der Waals surface area contributed by atoms with Crippen molar-refractivity contribution in [2.75, 3.05) is 13.1 Å². The number of fused-ring (bicyclic) bond motifs is 2. The van der Waals surface area contributed by atoms with Crippen LogP contribution in [-0.4, -0.2) is 36.0 Å². The summed E-state index contributed by atoms with van der Waals surface area (Å²) < 4.78 is 13.6. The molecule has 21 heavy (non-hydrogen) atoms. The van der Waals surface area contributed by atoms with Crippen molar-refractivity contribution in [3.05, 3.63) is 33.6 Å². The molecule has 0 spiro atoms. The third-order valence-electron chi connectivity index (χ3n) is 4.13. The summed E-state index contributed by atoms with van der Waals surface area (Å²) in [6, 6.07) is 2.83. The molecule has 2 saturated heterocycles. The lowest BCUT2D eigenvalue weighted by Gasteiger charge is -2.28. The molecule has 3 rings (SSSR count). The van der Waals surface area contributed by atoms with E-state index in [9.17, 15) is 9.18 Å². The van der Waals surface area contributed by atoms with Crippen LogP contribution in [-0.2, 0) is 0 Å².